The van der Waals surface area contributed by atoms with Gasteiger partial charge in [-0.3, -0.25) is 23.6 Å². The lowest BCUT2D eigenvalue weighted by Crippen LogP contribution is -2.20. The predicted octanol–water partition coefficient (Wildman–Crippen LogP) is 1.20. The number of ether oxygens (including phenoxy) is 1. The highest BCUT2D eigenvalue weighted by molar-refractivity contribution is 7.92. The van der Waals surface area contributed by atoms with Crippen molar-refractivity contribution in [2.75, 3.05) is 23.4 Å². The molecule has 2 aromatic heterocycles. The molecule has 11 heteroatoms. The van der Waals surface area contributed by atoms with E-state index in [4.69, 9.17) is 4.74 Å². The molecule has 0 saturated heterocycles. The summed E-state index contributed by atoms with van der Waals surface area (Å²) in [5.41, 5.74) is 1.13. The molecule has 0 fully saturated rings. The van der Waals surface area contributed by atoms with Gasteiger partial charge >= 0.3 is 0 Å². The van der Waals surface area contributed by atoms with Crippen LogP contribution in [0.4, 0.5) is 11.4 Å². The zero-order valence-electron chi connectivity index (χ0n) is 15.9. The zero-order valence-corrected chi connectivity index (χ0v) is 16.7. The van der Waals surface area contributed by atoms with E-state index in [1.54, 1.807) is 17.9 Å². The Kier molecular flexibility index (Phi) is 5.41. The van der Waals surface area contributed by atoms with E-state index in [0.717, 1.165) is 6.26 Å². The Labute approximate surface area is 166 Å². The average molecular weight is 417 g/mol. The number of benzene rings is 1. The number of nitrogens with one attached hydrogen (secondary N) is 2. The van der Waals surface area contributed by atoms with E-state index in [2.05, 4.69) is 15.1 Å². The summed E-state index contributed by atoms with van der Waals surface area (Å²) in [6.07, 6.45) is 5.62. The summed E-state index contributed by atoms with van der Waals surface area (Å²) in [5.74, 6) is -0.206. The summed E-state index contributed by atoms with van der Waals surface area (Å²) >= 11 is 0. The molecule has 2 heterocycles. The third kappa shape index (κ3) is 4.82. The van der Waals surface area contributed by atoms with Crippen LogP contribution < -0.4 is 20.3 Å². The fraction of sp³-hybridized carbons (Fsp3) is 0.167. The van der Waals surface area contributed by atoms with E-state index in [1.165, 1.54) is 54.4 Å². The highest BCUT2D eigenvalue weighted by atomic mass is 32.2. The predicted molar refractivity (Wildman–Crippen MR) is 108 cm³/mol. The Bertz CT molecular complexity index is 1230. The highest BCUT2D eigenvalue weighted by Crippen LogP contribution is 2.28. The van der Waals surface area contributed by atoms with Gasteiger partial charge in [-0.05, 0) is 18.2 Å². The lowest BCUT2D eigenvalue weighted by molar-refractivity contribution is 0.102. The summed E-state index contributed by atoms with van der Waals surface area (Å²) < 4.78 is 33.2. The number of aromatic nitrogens is 3. The molecule has 10 nitrogen and oxygen atoms in total. The number of aryl methyl sites for hydroxylation is 1. The number of hydrogen-bond acceptors (Lipinski definition) is 6. The van der Waals surface area contributed by atoms with Crippen LogP contribution in [0, 0.1) is 0 Å². The molecule has 2 N–H and O–H groups in total. The van der Waals surface area contributed by atoms with Gasteiger partial charge in [-0.15, -0.1) is 0 Å². The molecule has 3 rings (SSSR count). The van der Waals surface area contributed by atoms with Crippen molar-refractivity contribution in [1.82, 2.24) is 14.3 Å². The number of anilines is 2. The van der Waals surface area contributed by atoms with Crippen molar-refractivity contribution in [2.24, 2.45) is 7.05 Å². The molecular formula is C18H19N5O5S. The molecule has 0 atom stereocenters. The van der Waals surface area contributed by atoms with Crippen molar-refractivity contribution in [2.45, 2.75) is 0 Å². The normalized spacial score (nSPS) is 11.1. The van der Waals surface area contributed by atoms with Gasteiger partial charge in [-0.1, -0.05) is 0 Å². The van der Waals surface area contributed by atoms with Gasteiger partial charge < -0.3 is 10.1 Å². The van der Waals surface area contributed by atoms with Crippen LogP contribution in [0.5, 0.6) is 5.75 Å². The molecule has 0 radical (unpaired) electrons. The molecule has 3 aromatic rings. The number of carbonyl (C=O) groups is 1. The fourth-order valence-corrected chi connectivity index (χ4v) is 3.18. The number of hydrogen-bond donors (Lipinski definition) is 2. The molecule has 1 aromatic carbocycles. The topological polar surface area (TPSA) is 124 Å². The smallest absolute Gasteiger partial charge is 0.257 e. The van der Waals surface area contributed by atoms with E-state index in [0.29, 0.717) is 11.4 Å². The van der Waals surface area contributed by atoms with Crippen molar-refractivity contribution >= 4 is 27.3 Å². The molecule has 0 aliphatic rings. The van der Waals surface area contributed by atoms with Gasteiger partial charge in [0.1, 0.15) is 5.75 Å². The molecule has 152 valence electrons. The van der Waals surface area contributed by atoms with Crippen LogP contribution in [0.15, 0.2) is 53.7 Å². The van der Waals surface area contributed by atoms with Gasteiger partial charge in [0.25, 0.3) is 11.5 Å². The van der Waals surface area contributed by atoms with Crippen LogP contribution in [0.3, 0.4) is 0 Å². The Morgan fingerprint density at radius 1 is 1.17 bits per heavy atom. The van der Waals surface area contributed by atoms with E-state index >= 15 is 0 Å². The van der Waals surface area contributed by atoms with Crippen molar-refractivity contribution in [3.05, 3.63) is 64.8 Å². The van der Waals surface area contributed by atoms with Gasteiger partial charge in [0.15, 0.2) is 0 Å². The summed E-state index contributed by atoms with van der Waals surface area (Å²) in [6, 6.07) is 7.21. The first-order valence-corrected chi connectivity index (χ1v) is 10.2. The lowest BCUT2D eigenvalue weighted by atomic mass is 10.2. The van der Waals surface area contributed by atoms with Crippen LogP contribution >= 0.6 is 0 Å². The first kappa shape index (κ1) is 20.1. The largest absolute Gasteiger partial charge is 0.494 e. The molecule has 1 amide bonds. The van der Waals surface area contributed by atoms with Crippen LogP contribution in [0.1, 0.15) is 10.4 Å². The van der Waals surface area contributed by atoms with Crippen molar-refractivity contribution in [3.8, 4) is 11.4 Å². The Balaban J connectivity index is 1.86. The second kappa shape index (κ2) is 7.80. The minimum Gasteiger partial charge on any atom is -0.494 e. The third-order valence-electron chi connectivity index (χ3n) is 3.90. The standard InChI is InChI=1S/C18H19N5O5S/c1-22-11-14(9-19-22)23-10-12(4-7-17(23)24)18(25)20-13-5-6-15(16(8-13)28-2)21-29(3,26)27/h4-11,21H,1-3H3,(H,20,25). The molecule has 0 aliphatic heterocycles. The molecule has 0 saturated carbocycles. The second-order valence-corrected chi connectivity index (χ2v) is 7.99. The Hall–Kier alpha value is -3.60. The monoisotopic (exact) mass is 417 g/mol. The lowest BCUT2D eigenvalue weighted by Gasteiger charge is -2.12. The van der Waals surface area contributed by atoms with E-state index in [1.807, 2.05) is 0 Å². The van der Waals surface area contributed by atoms with Crippen LogP contribution in [0.25, 0.3) is 5.69 Å². The van der Waals surface area contributed by atoms with Gasteiger partial charge in [0.05, 0.1) is 36.5 Å². The fourth-order valence-electron chi connectivity index (χ4n) is 2.61. The van der Waals surface area contributed by atoms with Crippen LogP contribution in [-0.4, -0.2) is 42.0 Å². The van der Waals surface area contributed by atoms with Gasteiger partial charge in [0.2, 0.25) is 10.0 Å². The molecule has 0 unspecified atom stereocenters. The summed E-state index contributed by atoms with van der Waals surface area (Å²) in [6.45, 7) is 0. The second-order valence-electron chi connectivity index (χ2n) is 6.24. The number of nitrogens with zero attached hydrogens (tertiary/aromatic N) is 3. The van der Waals surface area contributed by atoms with Gasteiger partial charge in [-0.25, -0.2) is 8.42 Å². The van der Waals surface area contributed by atoms with Crippen molar-refractivity contribution in [3.63, 3.8) is 0 Å². The number of amides is 1. The molecular weight excluding hydrogens is 398 g/mol. The molecule has 29 heavy (non-hydrogen) atoms. The van der Waals surface area contributed by atoms with Gasteiger partial charge in [-0.2, -0.15) is 5.10 Å². The van der Waals surface area contributed by atoms with Gasteiger partial charge in [0, 0.05) is 37.3 Å². The number of sulfonamides is 1. The SMILES string of the molecule is COc1cc(NC(=O)c2ccc(=O)n(-c3cnn(C)c3)c2)ccc1NS(C)(=O)=O. The number of pyridine rings is 1. The highest BCUT2D eigenvalue weighted by Gasteiger charge is 2.13. The Morgan fingerprint density at radius 2 is 1.93 bits per heavy atom. The first-order chi connectivity index (χ1) is 13.7. The number of carbonyl (C=O) groups excluding carboxylic acids is 1. The maximum absolute atomic E-state index is 12.6. The quantitative estimate of drug-likeness (QED) is 0.621. The molecule has 0 aliphatic carbocycles. The third-order valence-corrected chi connectivity index (χ3v) is 4.49. The van der Waals surface area contributed by atoms with Crippen LogP contribution in [0.2, 0.25) is 0 Å². The average Bonchev–Trinajstić information content (AvgIpc) is 3.08. The van der Waals surface area contributed by atoms with E-state index in [9.17, 15) is 18.0 Å². The number of rotatable bonds is 6. The summed E-state index contributed by atoms with van der Waals surface area (Å²) in [7, 11) is -0.369. The zero-order chi connectivity index (χ0) is 21.2. The van der Waals surface area contributed by atoms with E-state index < -0.39 is 15.9 Å². The van der Waals surface area contributed by atoms with Crippen molar-refractivity contribution < 1.29 is 17.9 Å². The van der Waals surface area contributed by atoms with Crippen LogP contribution in [-0.2, 0) is 17.1 Å². The number of methoxy groups -OCH3 is 1. The maximum atomic E-state index is 12.6. The molecule has 0 bridgehead atoms. The molecule has 0 spiro atoms. The maximum Gasteiger partial charge on any atom is 0.257 e. The minimum atomic E-state index is -3.48. The Morgan fingerprint density at radius 3 is 2.55 bits per heavy atom. The summed E-state index contributed by atoms with van der Waals surface area (Å²) in [4.78, 5) is 24.7. The van der Waals surface area contributed by atoms with Crippen molar-refractivity contribution in [1.29, 1.82) is 0 Å². The summed E-state index contributed by atoms with van der Waals surface area (Å²) in [5, 5.41) is 6.72. The van der Waals surface area contributed by atoms with E-state index in [-0.39, 0.29) is 22.6 Å². The minimum absolute atomic E-state index is 0.244. The first-order valence-electron chi connectivity index (χ1n) is 8.35.